The van der Waals surface area contributed by atoms with E-state index in [4.69, 9.17) is 0 Å². The van der Waals surface area contributed by atoms with E-state index in [9.17, 15) is 9.90 Å². The van der Waals surface area contributed by atoms with Crippen molar-refractivity contribution in [2.45, 2.75) is 19.8 Å². The van der Waals surface area contributed by atoms with Gasteiger partial charge >= 0.3 is 0 Å². The second-order valence-electron chi connectivity index (χ2n) is 5.19. The minimum atomic E-state index is 0.206. The van der Waals surface area contributed by atoms with Crippen LogP contribution in [0.25, 0.3) is 0 Å². The zero-order valence-electron chi connectivity index (χ0n) is 9.98. The van der Waals surface area contributed by atoms with E-state index in [1.165, 1.54) is 0 Å². The van der Waals surface area contributed by atoms with Gasteiger partial charge in [-0.1, -0.05) is 6.92 Å². The van der Waals surface area contributed by atoms with Crippen LogP contribution in [0.2, 0.25) is 0 Å². The Kier molecular flexibility index (Phi) is 3.82. The molecule has 0 radical (unpaired) electrons. The van der Waals surface area contributed by atoms with Crippen molar-refractivity contribution in [2.75, 3.05) is 32.8 Å². The average molecular weight is 226 g/mol. The Morgan fingerprint density at radius 3 is 2.62 bits per heavy atom. The zero-order chi connectivity index (χ0) is 11.5. The van der Waals surface area contributed by atoms with Crippen LogP contribution in [0.5, 0.6) is 0 Å². The molecule has 2 aliphatic rings. The van der Waals surface area contributed by atoms with Gasteiger partial charge in [-0.2, -0.15) is 0 Å². The lowest BCUT2D eigenvalue weighted by atomic mass is 9.97. The molecule has 2 rings (SSSR count). The van der Waals surface area contributed by atoms with E-state index < -0.39 is 0 Å². The van der Waals surface area contributed by atoms with Crippen molar-refractivity contribution >= 4 is 5.91 Å². The third kappa shape index (κ3) is 2.38. The summed E-state index contributed by atoms with van der Waals surface area (Å²) in [5.41, 5.74) is 0. The first-order valence-corrected chi connectivity index (χ1v) is 6.32. The maximum atomic E-state index is 12.2. The van der Waals surface area contributed by atoms with E-state index in [1.807, 2.05) is 4.90 Å². The van der Waals surface area contributed by atoms with Gasteiger partial charge in [0.2, 0.25) is 5.91 Å². The predicted octanol–water partition coefficient (Wildman–Crippen LogP) is 0.0728. The van der Waals surface area contributed by atoms with E-state index in [0.29, 0.717) is 11.8 Å². The number of nitrogens with zero attached hydrogens (tertiary/aromatic N) is 1. The molecule has 0 spiro atoms. The molecule has 2 atom stereocenters. The van der Waals surface area contributed by atoms with E-state index >= 15 is 0 Å². The Balaban J connectivity index is 1.90. The molecule has 2 saturated heterocycles. The molecule has 92 valence electrons. The summed E-state index contributed by atoms with van der Waals surface area (Å²) >= 11 is 0. The van der Waals surface area contributed by atoms with E-state index in [-0.39, 0.29) is 18.4 Å². The number of amides is 1. The molecular formula is C12H22N2O2. The second kappa shape index (κ2) is 5.15. The largest absolute Gasteiger partial charge is 0.396 e. The summed E-state index contributed by atoms with van der Waals surface area (Å²) in [6, 6.07) is 0. The number of hydrogen-bond donors (Lipinski definition) is 2. The van der Waals surface area contributed by atoms with Crippen molar-refractivity contribution < 1.29 is 9.90 Å². The van der Waals surface area contributed by atoms with Gasteiger partial charge in [-0.3, -0.25) is 4.79 Å². The van der Waals surface area contributed by atoms with Gasteiger partial charge < -0.3 is 15.3 Å². The fourth-order valence-electron chi connectivity index (χ4n) is 2.78. The van der Waals surface area contributed by atoms with Crippen LogP contribution in [-0.4, -0.2) is 48.7 Å². The van der Waals surface area contributed by atoms with Gasteiger partial charge in [0, 0.05) is 31.5 Å². The van der Waals surface area contributed by atoms with Crippen LogP contribution >= 0.6 is 0 Å². The lowest BCUT2D eigenvalue weighted by molar-refractivity contribution is -0.135. The zero-order valence-corrected chi connectivity index (χ0v) is 9.98. The van der Waals surface area contributed by atoms with E-state index in [0.717, 1.165) is 39.0 Å². The number of aliphatic hydroxyl groups excluding tert-OH is 1. The predicted molar refractivity (Wildman–Crippen MR) is 61.9 cm³/mol. The fraction of sp³-hybridized carbons (Fsp3) is 0.917. The van der Waals surface area contributed by atoms with Crippen molar-refractivity contribution in [2.24, 2.45) is 17.8 Å². The fourth-order valence-corrected chi connectivity index (χ4v) is 2.78. The molecule has 2 aliphatic heterocycles. The van der Waals surface area contributed by atoms with Gasteiger partial charge in [0.1, 0.15) is 0 Å². The van der Waals surface area contributed by atoms with Crippen LogP contribution in [0.4, 0.5) is 0 Å². The highest BCUT2D eigenvalue weighted by Crippen LogP contribution is 2.25. The first kappa shape index (κ1) is 11.9. The molecule has 2 heterocycles. The topological polar surface area (TPSA) is 52.6 Å². The van der Waals surface area contributed by atoms with Crippen molar-refractivity contribution in [1.29, 1.82) is 0 Å². The number of piperidine rings is 1. The van der Waals surface area contributed by atoms with Gasteiger partial charge in [-0.25, -0.2) is 0 Å². The summed E-state index contributed by atoms with van der Waals surface area (Å²) in [5.74, 6) is 1.25. The van der Waals surface area contributed by atoms with Crippen molar-refractivity contribution in [3.05, 3.63) is 0 Å². The van der Waals surface area contributed by atoms with Crippen LogP contribution in [0.1, 0.15) is 19.8 Å². The average Bonchev–Trinajstić information content (AvgIpc) is 2.71. The maximum absolute atomic E-state index is 12.2. The molecule has 0 aromatic rings. The smallest absolute Gasteiger partial charge is 0.225 e. The van der Waals surface area contributed by atoms with Gasteiger partial charge in [-0.05, 0) is 31.8 Å². The lowest BCUT2D eigenvalue weighted by Crippen LogP contribution is -2.40. The van der Waals surface area contributed by atoms with Crippen LogP contribution in [0, 0.1) is 17.8 Å². The number of likely N-dealkylation sites (tertiary alicyclic amines) is 1. The minimum absolute atomic E-state index is 0.206. The van der Waals surface area contributed by atoms with Crippen LogP contribution in [-0.2, 0) is 4.79 Å². The maximum Gasteiger partial charge on any atom is 0.225 e. The lowest BCUT2D eigenvalue weighted by Gasteiger charge is -2.26. The highest BCUT2D eigenvalue weighted by molar-refractivity contribution is 5.79. The number of hydrogen-bond acceptors (Lipinski definition) is 3. The summed E-state index contributed by atoms with van der Waals surface area (Å²) in [4.78, 5) is 14.2. The first-order valence-electron chi connectivity index (χ1n) is 6.32. The molecule has 16 heavy (non-hydrogen) atoms. The molecule has 4 heteroatoms. The summed E-state index contributed by atoms with van der Waals surface area (Å²) in [7, 11) is 0. The van der Waals surface area contributed by atoms with Crippen LogP contribution < -0.4 is 5.32 Å². The number of carbonyl (C=O) groups excluding carboxylic acids is 1. The molecule has 0 aromatic heterocycles. The summed E-state index contributed by atoms with van der Waals surface area (Å²) in [5, 5.41) is 12.5. The molecule has 1 amide bonds. The van der Waals surface area contributed by atoms with E-state index in [2.05, 4.69) is 12.2 Å². The number of rotatable bonds is 2. The summed E-state index contributed by atoms with van der Waals surface area (Å²) < 4.78 is 0. The first-order chi connectivity index (χ1) is 7.72. The molecule has 0 aromatic carbocycles. The molecule has 2 N–H and O–H groups in total. The SMILES string of the molecule is C[C@@H]1CN(C(=O)C2CCNCC2)C[C@H]1CO. The highest BCUT2D eigenvalue weighted by atomic mass is 16.3. The summed E-state index contributed by atoms with van der Waals surface area (Å²) in [6.07, 6.45) is 1.93. The molecule has 0 bridgehead atoms. The highest BCUT2D eigenvalue weighted by Gasteiger charge is 2.34. The van der Waals surface area contributed by atoms with Crippen molar-refractivity contribution in [3.8, 4) is 0 Å². The normalized spacial score (nSPS) is 32.0. The Labute approximate surface area is 97.0 Å². The van der Waals surface area contributed by atoms with Gasteiger partial charge in [0.25, 0.3) is 0 Å². The molecule has 0 aliphatic carbocycles. The quantitative estimate of drug-likeness (QED) is 0.701. The van der Waals surface area contributed by atoms with Crippen molar-refractivity contribution in [3.63, 3.8) is 0 Å². The molecule has 0 unspecified atom stereocenters. The molecule has 2 fully saturated rings. The molecular weight excluding hydrogens is 204 g/mol. The standard InChI is InChI=1S/C12H22N2O2/c1-9-6-14(7-11(9)8-15)12(16)10-2-4-13-5-3-10/h9-11,13,15H,2-8H2,1H3/t9-,11+/m1/s1. The number of aliphatic hydroxyl groups is 1. The monoisotopic (exact) mass is 226 g/mol. The van der Waals surface area contributed by atoms with Gasteiger partial charge in [0.15, 0.2) is 0 Å². The number of nitrogens with one attached hydrogen (secondary N) is 1. The van der Waals surface area contributed by atoms with E-state index in [1.54, 1.807) is 0 Å². The third-order valence-electron chi connectivity index (χ3n) is 4.00. The van der Waals surface area contributed by atoms with Gasteiger partial charge in [0.05, 0.1) is 0 Å². The second-order valence-corrected chi connectivity index (χ2v) is 5.19. The molecule has 0 saturated carbocycles. The Bertz CT molecular complexity index is 251. The summed E-state index contributed by atoms with van der Waals surface area (Å²) in [6.45, 7) is 5.83. The van der Waals surface area contributed by atoms with Gasteiger partial charge in [-0.15, -0.1) is 0 Å². The Morgan fingerprint density at radius 1 is 1.38 bits per heavy atom. The van der Waals surface area contributed by atoms with Crippen molar-refractivity contribution in [1.82, 2.24) is 10.2 Å². The third-order valence-corrected chi connectivity index (χ3v) is 4.00. The Hall–Kier alpha value is -0.610. The number of carbonyl (C=O) groups is 1. The Morgan fingerprint density at radius 2 is 2.06 bits per heavy atom. The van der Waals surface area contributed by atoms with Crippen LogP contribution in [0.3, 0.4) is 0 Å². The van der Waals surface area contributed by atoms with Crippen LogP contribution in [0.15, 0.2) is 0 Å². The minimum Gasteiger partial charge on any atom is -0.396 e. The molecule has 4 nitrogen and oxygen atoms in total.